The molecule has 0 atom stereocenters. The number of para-hydroxylation sites is 1. The van der Waals surface area contributed by atoms with Gasteiger partial charge in [0.1, 0.15) is 5.69 Å². The number of aromatic nitrogens is 2. The van der Waals surface area contributed by atoms with Crippen molar-refractivity contribution in [3.8, 4) is 22.6 Å². The van der Waals surface area contributed by atoms with Gasteiger partial charge in [-0.15, -0.1) is 10.2 Å². The van der Waals surface area contributed by atoms with Crippen LogP contribution in [-0.2, 0) is 0 Å². The lowest BCUT2D eigenvalue weighted by atomic mass is 10.0. The molecule has 0 aliphatic heterocycles. The zero-order valence-electron chi connectivity index (χ0n) is 26.1. The summed E-state index contributed by atoms with van der Waals surface area (Å²) < 4.78 is 72.1. The van der Waals surface area contributed by atoms with Crippen molar-refractivity contribution in [2.24, 2.45) is 10.2 Å². The molecule has 33 heavy (non-hydrogen) atoms. The number of carboxylic acid groups (broad SMARTS) is 1. The van der Waals surface area contributed by atoms with Crippen molar-refractivity contribution in [1.82, 2.24) is 9.78 Å². The van der Waals surface area contributed by atoms with Gasteiger partial charge < -0.3 is 10.2 Å². The SMILES string of the molecule is [2H]c1c([2H])c(C([2H])([2H])[2H])c(C([2H])([2H])[2H])c([2H])c1-n1[nH]c(C)c(N=Nc2cccc(-c3cccc(C(=O)O)c3)c2O)c1=O. The number of nitrogens with zero attached hydrogens (tertiary/aromatic N) is 3. The van der Waals surface area contributed by atoms with Crippen LogP contribution in [0.5, 0.6) is 5.75 Å². The number of benzene rings is 3. The lowest BCUT2D eigenvalue weighted by Crippen LogP contribution is -2.14. The van der Waals surface area contributed by atoms with E-state index in [-0.39, 0.29) is 33.9 Å². The molecule has 0 saturated heterocycles. The molecule has 0 spiro atoms. The monoisotopic (exact) mass is 451 g/mol. The van der Waals surface area contributed by atoms with Crippen LogP contribution in [0.2, 0.25) is 0 Å². The lowest BCUT2D eigenvalue weighted by Gasteiger charge is -2.07. The molecule has 1 heterocycles. The summed E-state index contributed by atoms with van der Waals surface area (Å²) in [6, 6.07) is 7.49. The van der Waals surface area contributed by atoms with Gasteiger partial charge >= 0.3 is 5.97 Å². The summed E-state index contributed by atoms with van der Waals surface area (Å²) in [6.07, 6.45) is 0. The van der Waals surface area contributed by atoms with E-state index in [0.29, 0.717) is 10.2 Å². The molecule has 0 aliphatic carbocycles. The fraction of sp³-hybridized carbons (Fsp3) is 0.120. The topological polar surface area (TPSA) is 120 Å². The van der Waals surface area contributed by atoms with Crippen LogP contribution in [0.1, 0.15) is 39.5 Å². The van der Waals surface area contributed by atoms with Crippen molar-refractivity contribution in [2.75, 3.05) is 0 Å². The zero-order valence-corrected chi connectivity index (χ0v) is 17.1. The minimum absolute atomic E-state index is 0.00524. The Balaban J connectivity index is 1.84. The smallest absolute Gasteiger partial charge is 0.335 e. The molecule has 0 aliphatic rings. The molecule has 0 radical (unpaired) electrons. The zero-order chi connectivity index (χ0) is 31.3. The molecule has 0 saturated carbocycles. The first-order chi connectivity index (χ1) is 19.4. The minimum atomic E-state index is -3.15. The highest BCUT2D eigenvalue weighted by molar-refractivity contribution is 5.90. The standard InChI is InChI=1S/C25H22N4O4/c1-14-10-11-19(12-15(14)2)29-24(31)22(16(3)28-29)27-26-21-9-5-8-20(23(21)30)17-6-4-7-18(13-17)25(32)33/h4-13,28,30H,1-3H3,(H,32,33)/i1D3,2D3,10D,11D,12D. The number of carbonyl (C=O) groups is 1. The number of aromatic amines is 1. The highest BCUT2D eigenvalue weighted by Gasteiger charge is 2.14. The Bertz CT molecular complexity index is 1820. The Hall–Kier alpha value is -4.46. The molecule has 1 aromatic heterocycles. The number of H-pyrrole nitrogens is 1. The van der Waals surface area contributed by atoms with E-state index in [1.165, 1.54) is 43.3 Å². The Kier molecular flexibility index (Phi) is 3.43. The quantitative estimate of drug-likeness (QED) is 0.343. The van der Waals surface area contributed by atoms with Gasteiger partial charge in [-0.05, 0) is 67.6 Å². The van der Waals surface area contributed by atoms with Crippen LogP contribution in [0, 0.1) is 20.6 Å². The number of hydrogen-bond donors (Lipinski definition) is 3. The summed E-state index contributed by atoms with van der Waals surface area (Å²) >= 11 is 0. The number of carboxylic acids is 1. The average Bonchev–Trinajstić information content (AvgIpc) is 3.16. The molecule has 3 N–H and O–H groups in total. The van der Waals surface area contributed by atoms with Gasteiger partial charge in [-0.2, -0.15) is 0 Å². The highest BCUT2D eigenvalue weighted by atomic mass is 16.4. The summed E-state index contributed by atoms with van der Waals surface area (Å²) in [5.74, 6) is -1.52. The van der Waals surface area contributed by atoms with E-state index in [9.17, 15) is 19.8 Å². The maximum atomic E-state index is 13.3. The third kappa shape index (κ3) is 4.18. The normalized spacial score (nSPS) is 16.0. The van der Waals surface area contributed by atoms with Crippen molar-refractivity contribution in [1.29, 1.82) is 0 Å². The van der Waals surface area contributed by atoms with Crippen molar-refractivity contribution in [3.63, 3.8) is 0 Å². The van der Waals surface area contributed by atoms with E-state index >= 15 is 0 Å². The fourth-order valence-corrected chi connectivity index (χ4v) is 3.09. The molecule has 0 fully saturated rings. The first-order valence-corrected chi connectivity index (χ1v) is 9.49. The van der Waals surface area contributed by atoms with Gasteiger partial charge in [0.15, 0.2) is 11.4 Å². The van der Waals surface area contributed by atoms with Gasteiger partial charge in [-0.25, -0.2) is 9.48 Å². The van der Waals surface area contributed by atoms with Gasteiger partial charge in [0, 0.05) is 13.8 Å². The summed E-state index contributed by atoms with van der Waals surface area (Å²) in [7, 11) is 0. The van der Waals surface area contributed by atoms with Crippen LogP contribution in [0.15, 0.2) is 75.6 Å². The molecular formula is C25H22N4O4. The first kappa shape index (κ1) is 13.2. The maximum absolute atomic E-state index is 13.3. The number of phenolic OH excluding ortho intramolecular Hbond substituents is 1. The van der Waals surface area contributed by atoms with E-state index in [1.54, 1.807) is 6.07 Å². The van der Waals surface area contributed by atoms with E-state index in [0.717, 1.165) is 0 Å². The number of azo groups is 1. The predicted molar refractivity (Wildman–Crippen MR) is 125 cm³/mol. The van der Waals surface area contributed by atoms with Gasteiger partial charge in [-0.1, -0.05) is 30.3 Å². The van der Waals surface area contributed by atoms with Crippen LogP contribution >= 0.6 is 0 Å². The second-order valence-corrected chi connectivity index (χ2v) is 6.96. The predicted octanol–water partition coefficient (Wildman–Crippen LogP) is 5.58. The molecule has 0 amide bonds. The third-order valence-electron chi connectivity index (χ3n) is 4.76. The molecule has 0 unspecified atom stereocenters. The molecule has 3 aromatic carbocycles. The second kappa shape index (κ2) is 8.58. The summed E-state index contributed by atoms with van der Waals surface area (Å²) in [5.41, 5.74) is -3.33. The maximum Gasteiger partial charge on any atom is 0.335 e. The number of nitrogens with one attached hydrogen (secondary N) is 1. The van der Waals surface area contributed by atoms with E-state index < -0.39 is 60.2 Å². The molecular weight excluding hydrogens is 420 g/mol. The number of rotatable bonds is 5. The van der Waals surface area contributed by atoms with Gasteiger partial charge in [0.05, 0.1) is 21.1 Å². The largest absolute Gasteiger partial charge is 0.505 e. The molecule has 4 aromatic rings. The fourth-order valence-electron chi connectivity index (χ4n) is 3.09. The molecule has 166 valence electrons. The van der Waals surface area contributed by atoms with E-state index in [4.69, 9.17) is 12.3 Å². The van der Waals surface area contributed by atoms with E-state index in [2.05, 4.69) is 15.3 Å². The molecule has 4 rings (SSSR count). The van der Waals surface area contributed by atoms with Gasteiger partial charge in [-0.3, -0.25) is 9.89 Å². The number of aromatic carboxylic acids is 1. The number of aryl methyl sites for hydroxylation is 1. The van der Waals surface area contributed by atoms with Crippen molar-refractivity contribution in [3.05, 3.63) is 93.3 Å². The van der Waals surface area contributed by atoms with Crippen LogP contribution in [0.3, 0.4) is 0 Å². The van der Waals surface area contributed by atoms with Crippen molar-refractivity contribution >= 4 is 17.3 Å². The Morgan fingerprint density at radius 3 is 2.67 bits per heavy atom. The average molecular weight is 452 g/mol. The van der Waals surface area contributed by atoms with Crippen LogP contribution < -0.4 is 5.56 Å². The summed E-state index contributed by atoms with van der Waals surface area (Å²) in [4.78, 5) is 24.7. The van der Waals surface area contributed by atoms with Crippen LogP contribution in [0.4, 0.5) is 11.4 Å². The Morgan fingerprint density at radius 1 is 1.12 bits per heavy atom. The Labute approximate surface area is 202 Å². The third-order valence-corrected chi connectivity index (χ3v) is 4.76. The number of hydrogen-bond acceptors (Lipinski definition) is 5. The Morgan fingerprint density at radius 2 is 1.91 bits per heavy atom. The number of phenols is 1. The summed E-state index contributed by atoms with van der Waals surface area (Å²) in [6.45, 7) is -4.87. The highest BCUT2D eigenvalue weighted by Crippen LogP contribution is 2.38. The molecule has 8 heteroatoms. The van der Waals surface area contributed by atoms with Crippen molar-refractivity contribution in [2.45, 2.75) is 20.6 Å². The van der Waals surface area contributed by atoms with Crippen LogP contribution in [0.25, 0.3) is 16.8 Å². The van der Waals surface area contributed by atoms with Crippen molar-refractivity contribution < 1.29 is 27.3 Å². The van der Waals surface area contributed by atoms with Gasteiger partial charge in [0.2, 0.25) is 0 Å². The second-order valence-electron chi connectivity index (χ2n) is 6.96. The first-order valence-electron chi connectivity index (χ1n) is 14.0. The summed E-state index contributed by atoms with van der Waals surface area (Å²) in [5, 5.41) is 30.5. The molecule has 8 nitrogen and oxygen atoms in total. The molecule has 0 bridgehead atoms. The van der Waals surface area contributed by atoms with Gasteiger partial charge in [0.25, 0.3) is 5.56 Å². The van der Waals surface area contributed by atoms with Crippen LogP contribution in [-0.4, -0.2) is 26.0 Å². The lowest BCUT2D eigenvalue weighted by molar-refractivity contribution is 0.0697. The number of aromatic hydroxyl groups is 1. The van der Waals surface area contributed by atoms with E-state index in [1.807, 2.05) is 0 Å². The minimum Gasteiger partial charge on any atom is -0.505 e.